The zero-order chi connectivity index (χ0) is 29.7. The third-order valence-corrected chi connectivity index (χ3v) is 8.95. The summed E-state index contributed by atoms with van der Waals surface area (Å²) < 4.78 is 86.9. The summed E-state index contributed by atoms with van der Waals surface area (Å²) in [5.74, 6) is -1.45. The maximum Gasteiger partial charge on any atom is 0.416 e. The van der Waals surface area contributed by atoms with Crippen molar-refractivity contribution in [1.29, 1.82) is 0 Å². The highest BCUT2D eigenvalue weighted by Gasteiger charge is 2.65. The fraction of sp³-hybridized carbons (Fsp3) is 0.621. The molecule has 1 aromatic carbocycles. The van der Waals surface area contributed by atoms with Crippen molar-refractivity contribution in [3.63, 3.8) is 0 Å². The van der Waals surface area contributed by atoms with E-state index in [1.54, 1.807) is 6.92 Å². The quantitative estimate of drug-likeness (QED) is 0.213. The summed E-state index contributed by atoms with van der Waals surface area (Å²) in [7, 11) is 0. The smallest absolute Gasteiger partial charge is 0.416 e. The van der Waals surface area contributed by atoms with Gasteiger partial charge >= 0.3 is 18.3 Å². The number of carbonyl (C=O) groups is 2. The molecule has 1 spiro atoms. The number of esters is 1. The van der Waals surface area contributed by atoms with Gasteiger partial charge < -0.3 is 9.64 Å². The summed E-state index contributed by atoms with van der Waals surface area (Å²) in [5.41, 5.74) is -4.10. The number of allylic oxidation sites excluding steroid dienone is 2. The van der Waals surface area contributed by atoms with Crippen LogP contribution in [0.4, 0.5) is 26.3 Å². The Hall–Kier alpha value is -2.85. The van der Waals surface area contributed by atoms with Crippen molar-refractivity contribution in [1.82, 2.24) is 4.90 Å². The van der Waals surface area contributed by atoms with Crippen LogP contribution in [0.3, 0.4) is 0 Å². The Morgan fingerprint density at radius 1 is 1.07 bits per heavy atom. The predicted molar refractivity (Wildman–Crippen MR) is 136 cm³/mol. The molecule has 11 heteroatoms. The van der Waals surface area contributed by atoms with Gasteiger partial charge in [-0.2, -0.15) is 26.3 Å². The van der Waals surface area contributed by atoms with Crippen molar-refractivity contribution in [2.45, 2.75) is 78.3 Å². The van der Waals surface area contributed by atoms with Gasteiger partial charge in [-0.25, -0.2) is 0 Å². The largest absolute Gasteiger partial charge is 0.466 e. The highest BCUT2D eigenvalue weighted by molar-refractivity contribution is 6.03. The van der Waals surface area contributed by atoms with Crippen molar-refractivity contribution in [3.05, 3.63) is 47.0 Å². The van der Waals surface area contributed by atoms with E-state index in [0.717, 1.165) is 0 Å². The molecule has 0 radical (unpaired) electrons. The minimum absolute atomic E-state index is 0.0160. The van der Waals surface area contributed by atoms with Gasteiger partial charge in [0.05, 0.1) is 29.7 Å². The molecular formula is C29H34F6N2O3. The second-order valence-corrected chi connectivity index (χ2v) is 11.3. The first-order valence-corrected chi connectivity index (χ1v) is 13.5. The van der Waals surface area contributed by atoms with Crippen molar-refractivity contribution in [2.75, 3.05) is 13.2 Å². The van der Waals surface area contributed by atoms with Crippen molar-refractivity contribution >= 4 is 17.6 Å². The molecule has 3 aliphatic rings. The first kappa shape index (κ1) is 30.1. The lowest BCUT2D eigenvalue weighted by molar-refractivity contribution is -0.161. The van der Waals surface area contributed by atoms with Gasteiger partial charge in [0.25, 0.3) is 0 Å². The van der Waals surface area contributed by atoms with Gasteiger partial charge in [0.1, 0.15) is 0 Å². The van der Waals surface area contributed by atoms with E-state index in [-0.39, 0.29) is 36.5 Å². The van der Waals surface area contributed by atoms with Crippen LogP contribution >= 0.6 is 0 Å². The number of benzene rings is 1. The predicted octanol–water partition coefficient (Wildman–Crippen LogP) is 6.85. The third kappa shape index (κ3) is 5.16. The van der Waals surface area contributed by atoms with Crippen LogP contribution in [0.25, 0.3) is 0 Å². The summed E-state index contributed by atoms with van der Waals surface area (Å²) in [4.78, 5) is 32.8. The van der Waals surface area contributed by atoms with E-state index in [2.05, 4.69) is 0 Å². The summed E-state index contributed by atoms with van der Waals surface area (Å²) in [6.45, 7) is 7.01. The van der Waals surface area contributed by atoms with Gasteiger partial charge in [-0.05, 0) is 67.7 Å². The lowest BCUT2D eigenvalue weighted by Crippen LogP contribution is -2.65. The zero-order valence-corrected chi connectivity index (χ0v) is 23.0. The number of halogens is 6. The van der Waals surface area contributed by atoms with Crippen LogP contribution in [0.15, 0.2) is 35.3 Å². The fourth-order valence-corrected chi connectivity index (χ4v) is 7.05. The van der Waals surface area contributed by atoms with E-state index in [9.17, 15) is 35.9 Å². The molecule has 1 saturated carbocycles. The molecule has 5 atom stereocenters. The number of amides is 1. The molecule has 4 rings (SSSR count). The molecule has 1 aromatic rings. The Bertz CT molecular complexity index is 1190. The Labute approximate surface area is 229 Å². The normalized spacial score (nSPS) is 29.9. The summed E-state index contributed by atoms with van der Waals surface area (Å²) in [5, 5.41) is 0. The highest BCUT2D eigenvalue weighted by atomic mass is 19.4. The van der Waals surface area contributed by atoms with Crippen LogP contribution in [0, 0.1) is 22.7 Å². The monoisotopic (exact) mass is 572 g/mol. The Morgan fingerprint density at radius 3 is 2.23 bits per heavy atom. The molecule has 0 saturated heterocycles. The molecule has 0 aromatic heterocycles. The Morgan fingerprint density at radius 2 is 1.70 bits per heavy atom. The van der Waals surface area contributed by atoms with Gasteiger partial charge in [0.2, 0.25) is 5.91 Å². The van der Waals surface area contributed by atoms with Gasteiger partial charge in [0.15, 0.2) is 0 Å². The topological polar surface area (TPSA) is 59.0 Å². The zero-order valence-electron chi connectivity index (χ0n) is 23.0. The summed E-state index contributed by atoms with van der Waals surface area (Å²) in [6, 6.07) is 0.674. The molecule has 220 valence electrons. The number of rotatable bonds is 6. The van der Waals surface area contributed by atoms with Crippen molar-refractivity contribution < 1.29 is 40.7 Å². The minimum atomic E-state index is -5.01. The number of carbonyl (C=O) groups excluding carboxylic acids is 2. The average molecular weight is 573 g/mol. The summed E-state index contributed by atoms with van der Waals surface area (Å²) >= 11 is 0. The first-order valence-electron chi connectivity index (χ1n) is 13.5. The molecule has 1 aliphatic heterocycles. The lowest BCUT2D eigenvalue weighted by Gasteiger charge is -2.58. The average Bonchev–Trinajstić information content (AvgIpc) is 3.29. The number of alkyl halides is 6. The third-order valence-electron chi connectivity index (χ3n) is 8.95. The number of hydrogen-bond donors (Lipinski definition) is 0. The van der Waals surface area contributed by atoms with Crippen LogP contribution in [-0.4, -0.2) is 41.7 Å². The highest BCUT2D eigenvalue weighted by Crippen LogP contribution is 2.61. The maximum absolute atomic E-state index is 13.6. The van der Waals surface area contributed by atoms with Crippen molar-refractivity contribution in [3.8, 4) is 0 Å². The number of aliphatic imine (C=N–C) groups is 1. The molecule has 2 aliphatic carbocycles. The second kappa shape index (κ2) is 10.5. The number of nitrogens with zero attached hydrogens (tertiary/aromatic N) is 2. The SMILES string of the molecule is CCOC(=O)C1C(C)(CC)CC(N(Cc2cc(C(F)(F)F)cc(C(F)(F)F)c2)C(C)=O)C2=NCCC3CC=CC231. The molecule has 0 bridgehead atoms. The fourth-order valence-electron chi connectivity index (χ4n) is 7.05. The molecule has 1 amide bonds. The van der Waals surface area contributed by atoms with E-state index in [1.807, 2.05) is 26.0 Å². The molecule has 5 unspecified atom stereocenters. The molecule has 1 heterocycles. The Kier molecular flexibility index (Phi) is 7.92. The first-order chi connectivity index (χ1) is 18.6. The van der Waals surface area contributed by atoms with Crippen LogP contribution in [0.5, 0.6) is 0 Å². The van der Waals surface area contributed by atoms with Crippen molar-refractivity contribution in [2.24, 2.45) is 27.7 Å². The molecule has 5 nitrogen and oxygen atoms in total. The van der Waals surface area contributed by atoms with E-state index >= 15 is 0 Å². The summed E-state index contributed by atoms with van der Waals surface area (Å²) in [6.07, 6.45) is -3.83. The number of ether oxygens (including phenoxy) is 1. The van der Waals surface area contributed by atoms with Crippen LogP contribution in [0.1, 0.15) is 70.1 Å². The Balaban J connectivity index is 1.85. The molecule has 0 N–H and O–H groups in total. The van der Waals surface area contributed by atoms with Crippen LogP contribution in [-0.2, 0) is 33.2 Å². The van der Waals surface area contributed by atoms with E-state index in [0.29, 0.717) is 43.7 Å². The number of hydrogen-bond acceptors (Lipinski definition) is 4. The van der Waals surface area contributed by atoms with E-state index < -0.39 is 58.7 Å². The maximum atomic E-state index is 13.6. The van der Waals surface area contributed by atoms with Gasteiger partial charge in [-0.3, -0.25) is 14.6 Å². The molecule has 40 heavy (non-hydrogen) atoms. The van der Waals surface area contributed by atoms with Gasteiger partial charge in [-0.1, -0.05) is 26.0 Å². The lowest BCUT2D eigenvalue weighted by atomic mass is 9.48. The van der Waals surface area contributed by atoms with Crippen LogP contribution < -0.4 is 0 Å². The standard InChI is InChI=1S/C29H34F6N2O3/c1-5-26(4)15-22(24-27(23(26)25(39)40-6-2)10-7-8-19(27)9-11-36-24)37(17(3)38)16-18-12-20(28(30,31)32)14-21(13-18)29(33,34)35/h7,10,12-14,19,22-23H,5-6,8-9,11,15-16H2,1-4H3. The second-order valence-electron chi connectivity index (χ2n) is 11.3. The van der Waals surface area contributed by atoms with E-state index in [1.165, 1.54) is 11.8 Å². The molecule has 1 fully saturated rings. The van der Waals surface area contributed by atoms with Gasteiger partial charge in [0, 0.05) is 31.1 Å². The molecular weight excluding hydrogens is 538 g/mol. The van der Waals surface area contributed by atoms with E-state index in [4.69, 9.17) is 9.73 Å². The van der Waals surface area contributed by atoms with Crippen LogP contribution in [0.2, 0.25) is 0 Å². The minimum Gasteiger partial charge on any atom is -0.466 e. The van der Waals surface area contributed by atoms with Gasteiger partial charge in [-0.15, -0.1) is 0 Å².